The molecule has 2 aliphatic heterocycles. The standard InChI is InChI=1S/C53H61FN6O13/c1-6-53(71)37-21-41-48-35(25-60(41)50(69)36(37)28-72-51(53)70)47-39(15-14-34-29(2)38(54)22-40(58-48)46(34)47)57-43(64)26-59(27-44(65)66)18-10-13-32(61)23-56-49(68)31(19-30-11-8-7-9-12-30)20-33(62)24-55-42(63)16-17-45(67)73-52(3,4)5/h7-9,11-12,21-22,31,39,71H,6,10,13-20,23-28H2,1-5H3,(H,55,63)(H,56,68)(H,57,64)(H,65,66)/t31-,39+,53+/m1/s1. The smallest absolute Gasteiger partial charge is 0.343 e. The number of carboxylic acids is 1. The molecule has 0 fully saturated rings. The number of halogens is 1. The number of cyclic esters (lactones) is 1. The van der Waals surface area contributed by atoms with Gasteiger partial charge < -0.3 is 40.2 Å². The van der Waals surface area contributed by atoms with E-state index in [1.807, 2.05) is 0 Å². The summed E-state index contributed by atoms with van der Waals surface area (Å²) in [5.41, 5.74) is 1.03. The molecule has 19 nitrogen and oxygen atoms in total. The monoisotopic (exact) mass is 1010 g/mol. The largest absolute Gasteiger partial charge is 0.480 e. The van der Waals surface area contributed by atoms with Gasteiger partial charge >= 0.3 is 17.9 Å². The van der Waals surface area contributed by atoms with E-state index in [0.717, 1.165) is 5.56 Å². The van der Waals surface area contributed by atoms with Crippen LogP contribution in [0.25, 0.3) is 22.3 Å². The van der Waals surface area contributed by atoms with Gasteiger partial charge in [0.25, 0.3) is 5.56 Å². The first kappa shape index (κ1) is 53.6. The predicted octanol–water partition coefficient (Wildman–Crippen LogP) is 3.54. The molecule has 4 aromatic rings. The summed E-state index contributed by atoms with van der Waals surface area (Å²) in [7, 11) is 0. The third-order valence-electron chi connectivity index (χ3n) is 13.5. The summed E-state index contributed by atoms with van der Waals surface area (Å²) in [5, 5.41) is 30.0. The van der Waals surface area contributed by atoms with E-state index in [9.17, 15) is 53.4 Å². The summed E-state index contributed by atoms with van der Waals surface area (Å²) in [6.07, 6.45) is 0.279. The van der Waals surface area contributed by atoms with Gasteiger partial charge in [-0.2, -0.15) is 0 Å². The van der Waals surface area contributed by atoms with E-state index in [1.165, 1.54) is 15.5 Å². The second-order valence-electron chi connectivity index (χ2n) is 19.9. The first-order valence-corrected chi connectivity index (χ1v) is 24.5. The number of aliphatic carboxylic acids is 1. The van der Waals surface area contributed by atoms with Gasteiger partial charge in [-0.25, -0.2) is 14.2 Å². The molecular weight excluding hydrogens is 948 g/mol. The Labute approximate surface area is 420 Å². The third-order valence-corrected chi connectivity index (χ3v) is 13.5. The van der Waals surface area contributed by atoms with Crippen LogP contribution in [0.15, 0.2) is 47.3 Å². The molecular formula is C53H61FN6O13. The maximum Gasteiger partial charge on any atom is 0.343 e. The molecule has 7 rings (SSSR count). The number of carbonyl (C=O) groups is 8. The number of hydrogen-bond acceptors (Lipinski definition) is 14. The second-order valence-corrected chi connectivity index (χ2v) is 19.9. The second kappa shape index (κ2) is 22.3. The Balaban J connectivity index is 0.978. The Morgan fingerprint density at radius 2 is 1.68 bits per heavy atom. The van der Waals surface area contributed by atoms with E-state index < -0.39 is 82.5 Å². The van der Waals surface area contributed by atoms with Crippen molar-refractivity contribution in [3.63, 3.8) is 0 Å². The first-order valence-electron chi connectivity index (χ1n) is 24.5. The lowest BCUT2D eigenvalue weighted by molar-refractivity contribution is -0.172. The number of Topliss-reactive ketones (excluding diaryl/α,β-unsaturated/α-hetero) is 2. The van der Waals surface area contributed by atoms with Crippen LogP contribution in [0, 0.1) is 18.7 Å². The minimum Gasteiger partial charge on any atom is -0.480 e. The van der Waals surface area contributed by atoms with Gasteiger partial charge in [0.05, 0.1) is 67.7 Å². The fraction of sp³-hybridized carbons (Fsp3) is 0.472. The van der Waals surface area contributed by atoms with E-state index in [0.29, 0.717) is 57.4 Å². The molecule has 4 heterocycles. The van der Waals surface area contributed by atoms with Crippen molar-refractivity contribution in [3.05, 3.63) is 97.6 Å². The lowest BCUT2D eigenvalue weighted by atomic mass is 9.81. The van der Waals surface area contributed by atoms with Crippen LogP contribution in [-0.4, -0.2) is 110 Å². The zero-order valence-electron chi connectivity index (χ0n) is 41.6. The maximum absolute atomic E-state index is 15.4. The van der Waals surface area contributed by atoms with Crippen LogP contribution in [0.4, 0.5) is 4.39 Å². The topological polar surface area (TPSA) is 270 Å². The Morgan fingerprint density at radius 1 is 0.959 bits per heavy atom. The Kier molecular flexibility index (Phi) is 16.4. The highest BCUT2D eigenvalue weighted by Crippen LogP contribution is 2.46. The van der Waals surface area contributed by atoms with Crippen molar-refractivity contribution in [3.8, 4) is 11.4 Å². The van der Waals surface area contributed by atoms with Crippen molar-refractivity contribution in [1.29, 1.82) is 0 Å². The highest BCUT2D eigenvalue weighted by atomic mass is 19.1. The van der Waals surface area contributed by atoms with Crippen molar-refractivity contribution in [2.24, 2.45) is 5.92 Å². The lowest BCUT2D eigenvalue weighted by Crippen LogP contribution is -2.44. The highest BCUT2D eigenvalue weighted by molar-refractivity contribution is 5.95. The summed E-state index contributed by atoms with van der Waals surface area (Å²) in [6, 6.07) is 11.1. The number of nitrogens with one attached hydrogen (secondary N) is 3. The maximum atomic E-state index is 15.4. The summed E-state index contributed by atoms with van der Waals surface area (Å²) >= 11 is 0. The number of carboxylic acid groups (broad SMARTS) is 1. The Morgan fingerprint density at radius 3 is 2.38 bits per heavy atom. The van der Waals surface area contributed by atoms with E-state index >= 15 is 4.39 Å². The van der Waals surface area contributed by atoms with Gasteiger partial charge in [0, 0.05) is 47.8 Å². The molecule has 0 spiro atoms. The van der Waals surface area contributed by atoms with Gasteiger partial charge in [0.15, 0.2) is 17.2 Å². The molecule has 0 bridgehead atoms. The van der Waals surface area contributed by atoms with E-state index in [1.54, 1.807) is 71.0 Å². The number of benzene rings is 2. The molecule has 3 amide bonds. The molecule has 5 N–H and O–H groups in total. The number of hydrogen-bond donors (Lipinski definition) is 5. The average Bonchev–Trinajstić information content (AvgIpc) is 3.70. The number of fused-ring (bicyclic) bond motifs is 5. The molecule has 3 aliphatic rings. The van der Waals surface area contributed by atoms with Crippen molar-refractivity contribution in [2.45, 2.75) is 123 Å². The van der Waals surface area contributed by atoms with Crippen LogP contribution in [0.1, 0.15) is 118 Å². The zero-order valence-corrected chi connectivity index (χ0v) is 41.6. The molecule has 20 heteroatoms. The fourth-order valence-electron chi connectivity index (χ4n) is 9.86. The number of nitrogens with zero attached hydrogens (tertiary/aromatic N) is 3. The number of ketones is 2. The SMILES string of the molecule is CC[C@@]1(O)C(=O)OCc2c1cc1n(c2=O)Cc2c-1nc1cc(F)c(C)c3c1c2[C@@H](NC(=O)CN(CCCC(=O)CNC(=O)[C@@H](CC(=O)CNC(=O)CCC(=O)OC(C)(C)C)Cc1ccccc1)CC(=O)O)CC3. The number of amides is 3. The quantitative estimate of drug-likeness (QED) is 0.0621. The van der Waals surface area contributed by atoms with Gasteiger partial charge in [0.1, 0.15) is 18.0 Å². The Bertz CT molecular complexity index is 2950. The number of aliphatic hydroxyl groups is 1. The molecule has 2 aromatic carbocycles. The van der Waals surface area contributed by atoms with Crippen molar-refractivity contribution in [2.75, 3.05) is 32.7 Å². The number of carbonyl (C=O) groups excluding carboxylic acids is 7. The molecule has 0 radical (unpaired) electrons. The van der Waals surface area contributed by atoms with Crippen LogP contribution < -0.4 is 21.5 Å². The van der Waals surface area contributed by atoms with Crippen LogP contribution >= 0.6 is 0 Å². The number of pyridine rings is 2. The summed E-state index contributed by atoms with van der Waals surface area (Å²) in [4.78, 5) is 123. The minimum absolute atomic E-state index is 0.0219. The third kappa shape index (κ3) is 12.4. The summed E-state index contributed by atoms with van der Waals surface area (Å²) < 4.78 is 27.3. The normalized spacial score (nSPS) is 16.9. The van der Waals surface area contributed by atoms with E-state index in [2.05, 4.69) is 16.0 Å². The Hall–Kier alpha value is -7.19. The van der Waals surface area contributed by atoms with Crippen LogP contribution in [0.5, 0.6) is 0 Å². The summed E-state index contributed by atoms with van der Waals surface area (Å²) in [5.74, 6) is -6.44. The molecule has 3 atom stereocenters. The number of ether oxygens (including phenoxy) is 2. The first-order chi connectivity index (χ1) is 34.6. The van der Waals surface area contributed by atoms with Crippen molar-refractivity contribution < 1.29 is 62.4 Å². The number of esters is 2. The zero-order chi connectivity index (χ0) is 52.9. The van der Waals surface area contributed by atoms with Crippen LogP contribution in [0.2, 0.25) is 0 Å². The van der Waals surface area contributed by atoms with Gasteiger partial charge in [-0.05, 0) is 94.7 Å². The molecule has 0 saturated carbocycles. The molecule has 1 aliphatic carbocycles. The average molecular weight is 1010 g/mol. The van der Waals surface area contributed by atoms with Crippen LogP contribution in [0.3, 0.4) is 0 Å². The van der Waals surface area contributed by atoms with Gasteiger partial charge in [-0.1, -0.05) is 37.3 Å². The number of rotatable bonds is 22. The van der Waals surface area contributed by atoms with Crippen molar-refractivity contribution in [1.82, 2.24) is 30.4 Å². The molecule has 388 valence electrons. The van der Waals surface area contributed by atoms with Crippen LogP contribution in [-0.2, 0) is 79.4 Å². The number of aryl methyl sites for hydroxylation is 1. The highest BCUT2D eigenvalue weighted by Gasteiger charge is 2.46. The van der Waals surface area contributed by atoms with Gasteiger partial charge in [-0.15, -0.1) is 0 Å². The number of aromatic nitrogens is 2. The minimum atomic E-state index is -2.07. The predicted molar refractivity (Wildman–Crippen MR) is 261 cm³/mol. The molecule has 2 aromatic heterocycles. The van der Waals surface area contributed by atoms with E-state index in [-0.39, 0.29) is 101 Å². The van der Waals surface area contributed by atoms with E-state index in [4.69, 9.17) is 14.5 Å². The van der Waals surface area contributed by atoms with Gasteiger partial charge in [-0.3, -0.25) is 43.3 Å². The van der Waals surface area contributed by atoms with Gasteiger partial charge in [0.2, 0.25) is 17.7 Å². The van der Waals surface area contributed by atoms with Crippen molar-refractivity contribution >= 4 is 58.1 Å². The fourth-order valence-corrected chi connectivity index (χ4v) is 9.86. The molecule has 0 saturated heterocycles. The summed E-state index contributed by atoms with van der Waals surface area (Å²) in [6.45, 7) is 6.46. The lowest BCUT2D eigenvalue weighted by Gasteiger charge is -2.31. The molecule has 73 heavy (non-hydrogen) atoms. The molecule has 0 unspecified atom stereocenters.